The summed E-state index contributed by atoms with van der Waals surface area (Å²) in [5.74, 6) is 5.77. The van der Waals surface area contributed by atoms with Crippen LogP contribution >= 0.6 is 0 Å². The number of rotatable bonds is 2. The number of hydrogen-bond acceptors (Lipinski definition) is 2. The summed E-state index contributed by atoms with van der Waals surface area (Å²) in [7, 11) is 0. The SMILES string of the molecule is CCOC(=O)c1ccccc1C#Cc1ccc(C)cc1. The molecule has 0 heterocycles. The molecule has 0 fully saturated rings. The third-order valence-electron chi connectivity index (χ3n) is 2.82. The molecule has 0 spiro atoms. The van der Waals surface area contributed by atoms with Crippen LogP contribution in [0.4, 0.5) is 0 Å². The summed E-state index contributed by atoms with van der Waals surface area (Å²) in [5, 5.41) is 0. The Kier molecular flexibility index (Phi) is 4.57. The summed E-state index contributed by atoms with van der Waals surface area (Å²) in [6.07, 6.45) is 0. The topological polar surface area (TPSA) is 26.3 Å². The Morgan fingerprint density at radius 2 is 1.75 bits per heavy atom. The molecule has 0 atom stereocenters. The van der Waals surface area contributed by atoms with Gasteiger partial charge in [-0.2, -0.15) is 0 Å². The molecule has 2 heteroatoms. The van der Waals surface area contributed by atoms with Crippen molar-refractivity contribution in [1.29, 1.82) is 0 Å². The highest BCUT2D eigenvalue weighted by molar-refractivity contribution is 5.92. The largest absolute Gasteiger partial charge is 0.462 e. The number of hydrogen-bond donors (Lipinski definition) is 0. The fourth-order valence-electron chi connectivity index (χ4n) is 1.76. The molecule has 0 aliphatic rings. The van der Waals surface area contributed by atoms with Crippen LogP contribution in [0, 0.1) is 18.8 Å². The highest BCUT2D eigenvalue weighted by atomic mass is 16.5. The third kappa shape index (κ3) is 3.49. The quantitative estimate of drug-likeness (QED) is 0.612. The van der Waals surface area contributed by atoms with E-state index in [9.17, 15) is 4.79 Å². The van der Waals surface area contributed by atoms with Crippen LogP contribution in [-0.4, -0.2) is 12.6 Å². The molecule has 0 N–H and O–H groups in total. The normalized spacial score (nSPS) is 9.50. The van der Waals surface area contributed by atoms with Gasteiger partial charge in [0.2, 0.25) is 0 Å². The molecule has 0 radical (unpaired) electrons. The van der Waals surface area contributed by atoms with E-state index in [2.05, 4.69) is 11.8 Å². The minimum atomic E-state index is -0.332. The molecule has 0 unspecified atom stereocenters. The molecule has 20 heavy (non-hydrogen) atoms. The van der Waals surface area contributed by atoms with E-state index in [1.54, 1.807) is 13.0 Å². The molecule has 2 rings (SSSR count). The number of ether oxygens (including phenoxy) is 1. The van der Waals surface area contributed by atoms with Crippen LogP contribution in [0.2, 0.25) is 0 Å². The average Bonchev–Trinajstić information content (AvgIpc) is 2.47. The molecule has 2 nitrogen and oxygen atoms in total. The van der Waals surface area contributed by atoms with Gasteiger partial charge < -0.3 is 4.74 Å². The van der Waals surface area contributed by atoms with Gasteiger partial charge in [0.1, 0.15) is 0 Å². The lowest BCUT2D eigenvalue weighted by molar-refractivity contribution is 0.0526. The Labute approximate surface area is 119 Å². The van der Waals surface area contributed by atoms with E-state index in [-0.39, 0.29) is 5.97 Å². The predicted molar refractivity (Wildman–Crippen MR) is 79.6 cm³/mol. The molecule has 100 valence electrons. The highest BCUT2D eigenvalue weighted by Crippen LogP contribution is 2.10. The lowest BCUT2D eigenvalue weighted by Crippen LogP contribution is -2.06. The highest BCUT2D eigenvalue weighted by Gasteiger charge is 2.09. The van der Waals surface area contributed by atoms with Crippen LogP contribution in [0.15, 0.2) is 48.5 Å². The van der Waals surface area contributed by atoms with Gasteiger partial charge in [-0.1, -0.05) is 41.7 Å². The van der Waals surface area contributed by atoms with Crippen molar-refractivity contribution in [3.63, 3.8) is 0 Å². The van der Waals surface area contributed by atoms with Crippen LogP contribution in [-0.2, 0) is 4.74 Å². The molecule has 0 aliphatic heterocycles. The fraction of sp³-hybridized carbons (Fsp3) is 0.167. The lowest BCUT2D eigenvalue weighted by Gasteiger charge is -2.03. The maximum absolute atomic E-state index is 11.8. The minimum absolute atomic E-state index is 0.332. The van der Waals surface area contributed by atoms with Crippen LogP contribution in [0.25, 0.3) is 0 Å². The second-order valence-corrected chi connectivity index (χ2v) is 4.38. The van der Waals surface area contributed by atoms with E-state index in [0.29, 0.717) is 17.7 Å². The number of aryl methyl sites for hydroxylation is 1. The minimum Gasteiger partial charge on any atom is -0.462 e. The molecule has 0 aliphatic carbocycles. The monoisotopic (exact) mass is 264 g/mol. The molecule has 0 aromatic heterocycles. The van der Waals surface area contributed by atoms with Crippen molar-refractivity contribution in [3.8, 4) is 11.8 Å². The zero-order valence-corrected chi connectivity index (χ0v) is 11.6. The van der Waals surface area contributed by atoms with Gasteiger partial charge >= 0.3 is 5.97 Å². The van der Waals surface area contributed by atoms with Crippen molar-refractivity contribution in [1.82, 2.24) is 0 Å². The first-order valence-electron chi connectivity index (χ1n) is 6.55. The van der Waals surface area contributed by atoms with Gasteiger partial charge in [0.05, 0.1) is 12.2 Å². The summed E-state index contributed by atoms with van der Waals surface area (Å²) in [4.78, 5) is 11.8. The lowest BCUT2D eigenvalue weighted by atomic mass is 10.1. The zero-order valence-electron chi connectivity index (χ0n) is 11.6. The summed E-state index contributed by atoms with van der Waals surface area (Å²) in [5.41, 5.74) is 3.32. The molecule has 0 saturated carbocycles. The summed E-state index contributed by atoms with van der Waals surface area (Å²) in [6.45, 7) is 4.18. The Morgan fingerprint density at radius 3 is 2.45 bits per heavy atom. The first-order valence-corrected chi connectivity index (χ1v) is 6.55. The number of esters is 1. The Balaban J connectivity index is 2.30. The van der Waals surface area contributed by atoms with Crippen LogP contribution in [0.5, 0.6) is 0 Å². The fourth-order valence-corrected chi connectivity index (χ4v) is 1.76. The van der Waals surface area contributed by atoms with Crippen molar-refractivity contribution < 1.29 is 9.53 Å². The van der Waals surface area contributed by atoms with Gasteiger partial charge in [-0.15, -0.1) is 0 Å². The van der Waals surface area contributed by atoms with Crippen molar-refractivity contribution in [2.24, 2.45) is 0 Å². The smallest absolute Gasteiger partial charge is 0.339 e. The Morgan fingerprint density at radius 1 is 1.05 bits per heavy atom. The van der Waals surface area contributed by atoms with Crippen molar-refractivity contribution >= 4 is 5.97 Å². The molecular weight excluding hydrogens is 248 g/mol. The van der Waals surface area contributed by atoms with Crippen molar-refractivity contribution in [2.45, 2.75) is 13.8 Å². The first kappa shape index (κ1) is 13.9. The molecule has 0 amide bonds. The predicted octanol–water partition coefficient (Wildman–Crippen LogP) is 3.57. The Hall–Kier alpha value is -2.53. The summed E-state index contributed by atoms with van der Waals surface area (Å²) < 4.78 is 5.03. The standard InChI is InChI=1S/C18H16O2/c1-3-20-18(19)17-7-5-4-6-16(17)13-12-15-10-8-14(2)9-11-15/h4-11H,3H2,1-2H3. The molecule has 0 bridgehead atoms. The maximum Gasteiger partial charge on any atom is 0.339 e. The number of benzene rings is 2. The van der Waals surface area contributed by atoms with Gasteiger partial charge in [-0.05, 0) is 38.1 Å². The van der Waals surface area contributed by atoms with E-state index in [4.69, 9.17) is 4.74 Å². The van der Waals surface area contributed by atoms with Crippen molar-refractivity contribution in [2.75, 3.05) is 6.61 Å². The van der Waals surface area contributed by atoms with Crippen LogP contribution < -0.4 is 0 Å². The van der Waals surface area contributed by atoms with E-state index in [1.165, 1.54) is 5.56 Å². The summed E-state index contributed by atoms with van der Waals surface area (Å²) in [6, 6.07) is 15.2. The van der Waals surface area contributed by atoms with Crippen LogP contribution in [0.1, 0.15) is 34.0 Å². The van der Waals surface area contributed by atoms with Gasteiger partial charge in [-0.25, -0.2) is 4.79 Å². The van der Waals surface area contributed by atoms with Gasteiger partial charge in [0.25, 0.3) is 0 Å². The number of carbonyl (C=O) groups is 1. The van der Waals surface area contributed by atoms with Crippen LogP contribution in [0.3, 0.4) is 0 Å². The maximum atomic E-state index is 11.8. The summed E-state index contributed by atoms with van der Waals surface area (Å²) >= 11 is 0. The number of carbonyl (C=O) groups excluding carboxylic acids is 1. The first-order chi connectivity index (χ1) is 9.70. The van der Waals surface area contributed by atoms with E-state index in [1.807, 2.05) is 49.4 Å². The van der Waals surface area contributed by atoms with Crippen molar-refractivity contribution in [3.05, 3.63) is 70.8 Å². The molecule has 2 aromatic carbocycles. The third-order valence-corrected chi connectivity index (χ3v) is 2.82. The second-order valence-electron chi connectivity index (χ2n) is 4.38. The van der Waals surface area contributed by atoms with Gasteiger partial charge in [0, 0.05) is 11.1 Å². The van der Waals surface area contributed by atoms with Gasteiger partial charge in [-0.3, -0.25) is 0 Å². The average molecular weight is 264 g/mol. The molecule has 2 aromatic rings. The van der Waals surface area contributed by atoms with E-state index < -0.39 is 0 Å². The Bertz CT molecular complexity index is 658. The zero-order chi connectivity index (χ0) is 14.4. The second kappa shape index (κ2) is 6.58. The molecular formula is C18H16O2. The molecule has 0 saturated heterocycles. The van der Waals surface area contributed by atoms with E-state index in [0.717, 1.165) is 5.56 Å². The van der Waals surface area contributed by atoms with Gasteiger partial charge in [0.15, 0.2) is 0 Å². The van der Waals surface area contributed by atoms with E-state index >= 15 is 0 Å².